The molecule has 0 aliphatic carbocycles. The number of carbonyl (C=O) groups is 3. The second-order valence-electron chi connectivity index (χ2n) is 7.37. The molecular formula is C25H19FN2O7S. The Morgan fingerprint density at radius 1 is 1.11 bits per heavy atom. The predicted molar refractivity (Wildman–Crippen MR) is 130 cm³/mol. The molecule has 1 aliphatic rings. The number of benzene rings is 2. The molecule has 184 valence electrons. The van der Waals surface area contributed by atoms with Crippen molar-refractivity contribution in [3.63, 3.8) is 0 Å². The molecule has 0 radical (unpaired) electrons. The molecule has 0 saturated carbocycles. The summed E-state index contributed by atoms with van der Waals surface area (Å²) in [4.78, 5) is 38.1. The number of esters is 1. The van der Waals surface area contributed by atoms with E-state index in [1.165, 1.54) is 44.6 Å². The summed E-state index contributed by atoms with van der Waals surface area (Å²) in [5.41, 5.74) is 0.131. The number of amides is 2. The molecule has 1 aromatic heterocycles. The number of thiocarbonyl (C=S) groups is 1. The van der Waals surface area contributed by atoms with E-state index in [-0.39, 0.29) is 28.7 Å². The minimum atomic E-state index is -0.771. The average molecular weight is 510 g/mol. The van der Waals surface area contributed by atoms with Crippen molar-refractivity contribution < 1.29 is 37.4 Å². The number of anilines is 1. The molecule has 36 heavy (non-hydrogen) atoms. The fraction of sp³-hybridized carbons (Fsp3) is 0.120. The monoisotopic (exact) mass is 510 g/mol. The van der Waals surface area contributed by atoms with Crippen molar-refractivity contribution >= 4 is 46.9 Å². The van der Waals surface area contributed by atoms with Gasteiger partial charge >= 0.3 is 5.97 Å². The van der Waals surface area contributed by atoms with Gasteiger partial charge in [-0.15, -0.1) is 0 Å². The van der Waals surface area contributed by atoms with E-state index in [1.54, 1.807) is 30.3 Å². The van der Waals surface area contributed by atoms with Crippen LogP contribution in [0.3, 0.4) is 0 Å². The van der Waals surface area contributed by atoms with Gasteiger partial charge in [0.1, 0.15) is 23.8 Å². The number of para-hydroxylation sites is 1. The first-order chi connectivity index (χ1) is 17.3. The molecule has 1 fully saturated rings. The minimum absolute atomic E-state index is 0.00370. The van der Waals surface area contributed by atoms with Crippen molar-refractivity contribution in [2.24, 2.45) is 0 Å². The van der Waals surface area contributed by atoms with Crippen molar-refractivity contribution in [2.75, 3.05) is 19.1 Å². The molecule has 1 N–H and O–H groups in total. The van der Waals surface area contributed by atoms with E-state index in [0.717, 1.165) is 4.90 Å². The molecule has 11 heteroatoms. The van der Waals surface area contributed by atoms with Gasteiger partial charge in [-0.2, -0.15) is 0 Å². The molecule has 2 heterocycles. The van der Waals surface area contributed by atoms with Gasteiger partial charge in [-0.05, 0) is 60.3 Å². The topological polar surface area (TPSA) is 107 Å². The first-order valence-electron chi connectivity index (χ1n) is 10.5. The summed E-state index contributed by atoms with van der Waals surface area (Å²) in [5, 5.41) is 2.19. The lowest BCUT2D eigenvalue weighted by molar-refractivity contribution is -0.122. The summed E-state index contributed by atoms with van der Waals surface area (Å²) in [6.45, 7) is 0.00370. The molecule has 0 bridgehead atoms. The first-order valence-corrected chi connectivity index (χ1v) is 10.9. The molecule has 0 atom stereocenters. The van der Waals surface area contributed by atoms with Gasteiger partial charge in [0.05, 0.1) is 19.9 Å². The maximum Gasteiger partial charge on any atom is 0.373 e. The van der Waals surface area contributed by atoms with Gasteiger partial charge in [0.25, 0.3) is 11.8 Å². The van der Waals surface area contributed by atoms with Gasteiger partial charge < -0.3 is 18.6 Å². The zero-order chi connectivity index (χ0) is 25.8. The SMILES string of the molecule is COC(=O)c1ccc(COc2ccc(C=C3C(=O)NC(=S)N(c4ccccc4F)C3=O)cc2OC)o1. The molecule has 2 amide bonds. The quantitative estimate of drug-likeness (QED) is 0.222. The highest BCUT2D eigenvalue weighted by Crippen LogP contribution is 2.31. The highest BCUT2D eigenvalue weighted by molar-refractivity contribution is 7.80. The average Bonchev–Trinajstić information content (AvgIpc) is 3.35. The molecule has 2 aromatic carbocycles. The molecule has 0 unspecified atom stereocenters. The number of nitrogens with zero attached hydrogens (tertiary/aromatic N) is 1. The third kappa shape index (κ3) is 4.96. The van der Waals surface area contributed by atoms with Gasteiger partial charge in [0, 0.05) is 0 Å². The molecule has 0 spiro atoms. The smallest absolute Gasteiger partial charge is 0.373 e. The van der Waals surface area contributed by atoms with E-state index in [9.17, 15) is 18.8 Å². The van der Waals surface area contributed by atoms with Crippen molar-refractivity contribution in [1.29, 1.82) is 0 Å². The lowest BCUT2D eigenvalue weighted by Gasteiger charge is -2.29. The summed E-state index contributed by atoms with van der Waals surface area (Å²) >= 11 is 5.10. The normalized spacial score (nSPS) is 14.6. The van der Waals surface area contributed by atoms with Gasteiger partial charge in [-0.3, -0.25) is 14.9 Å². The van der Waals surface area contributed by atoms with Crippen LogP contribution in [0.1, 0.15) is 21.9 Å². The lowest BCUT2D eigenvalue weighted by atomic mass is 10.1. The molecule has 3 aromatic rings. The van der Waals surface area contributed by atoms with Crippen LogP contribution in [0.2, 0.25) is 0 Å². The van der Waals surface area contributed by atoms with Gasteiger partial charge in [0.2, 0.25) is 5.76 Å². The predicted octanol–water partition coefficient (Wildman–Crippen LogP) is 3.62. The highest BCUT2D eigenvalue weighted by atomic mass is 32.1. The minimum Gasteiger partial charge on any atom is -0.493 e. The van der Waals surface area contributed by atoms with Crippen LogP contribution in [0.15, 0.2) is 64.6 Å². The standard InChI is InChI=1S/C25H19FN2O7S/c1-32-21-12-14(7-9-19(21)34-13-15-8-10-20(35-15)24(31)33-2)11-16-22(29)27-25(36)28(23(16)30)18-6-4-3-5-17(18)26/h3-12H,13H2,1-2H3,(H,27,29,36). The number of nitrogens with one attached hydrogen (secondary N) is 1. The maximum absolute atomic E-state index is 14.3. The Hall–Kier alpha value is -4.51. The van der Waals surface area contributed by atoms with Crippen molar-refractivity contribution in [3.8, 4) is 11.5 Å². The largest absolute Gasteiger partial charge is 0.493 e. The number of furan rings is 1. The second-order valence-corrected chi connectivity index (χ2v) is 7.75. The maximum atomic E-state index is 14.3. The summed E-state index contributed by atoms with van der Waals surface area (Å²) in [6, 6.07) is 13.4. The number of carbonyl (C=O) groups excluding carboxylic acids is 3. The number of rotatable bonds is 7. The van der Waals surface area contributed by atoms with Crippen LogP contribution in [-0.2, 0) is 20.9 Å². The number of halogens is 1. The van der Waals surface area contributed by atoms with Crippen LogP contribution >= 0.6 is 12.2 Å². The summed E-state index contributed by atoms with van der Waals surface area (Å²) in [7, 11) is 2.68. The van der Waals surface area contributed by atoms with E-state index in [2.05, 4.69) is 10.1 Å². The first kappa shape index (κ1) is 24.6. The zero-order valence-electron chi connectivity index (χ0n) is 19.1. The Kier molecular flexibility index (Phi) is 7.11. The van der Waals surface area contributed by atoms with Crippen molar-refractivity contribution in [2.45, 2.75) is 6.61 Å². The van der Waals surface area contributed by atoms with E-state index < -0.39 is 23.6 Å². The molecule has 9 nitrogen and oxygen atoms in total. The van der Waals surface area contributed by atoms with Crippen molar-refractivity contribution in [3.05, 3.63) is 83.1 Å². The lowest BCUT2D eigenvalue weighted by Crippen LogP contribution is -2.54. The Bertz CT molecular complexity index is 1400. The van der Waals surface area contributed by atoms with Crippen LogP contribution in [0.4, 0.5) is 10.1 Å². The second kappa shape index (κ2) is 10.4. The molecule has 1 saturated heterocycles. The summed E-state index contributed by atoms with van der Waals surface area (Å²) < 4.78 is 35.4. The van der Waals surface area contributed by atoms with Crippen LogP contribution in [-0.4, -0.2) is 37.1 Å². The Balaban J connectivity index is 1.56. The van der Waals surface area contributed by atoms with Crippen LogP contribution in [0.5, 0.6) is 11.5 Å². The van der Waals surface area contributed by atoms with E-state index in [0.29, 0.717) is 22.8 Å². The third-order valence-corrected chi connectivity index (χ3v) is 5.40. The van der Waals surface area contributed by atoms with Crippen LogP contribution in [0, 0.1) is 5.82 Å². The Morgan fingerprint density at radius 3 is 2.61 bits per heavy atom. The van der Waals surface area contributed by atoms with Gasteiger partial charge in [0.15, 0.2) is 16.6 Å². The van der Waals surface area contributed by atoms with Gasteiger partial charge in [-0.25, -0.2) is 14.1 Å². The number of hydrogen-bond acceptors (Lipinski definition) is 8. The Morgan fingerprint density at radius 2 is 1.89 bits per heavy atom. The summed E-state index contributed by atoms with van der Waals surface area (Å²) in [5.74, 6) is -1.65. The van der Waals surface area contributed by atoms with Crippen LogP contribution in [0.25, 0.3) is 6.08 Å². The zero-order valence-corrected chi connectivity index (χ0v) is 19.9. The Labute approximate surface area is 210 Å². The number of ether oxygens (including phenoxy) is 3. The molecule has 4 rings (SSSR count). The van der Waals surface area contributed by atoms with Crippen molar-refractivity contribution in [1.82, 2.24) is 5.32 Å². The number of methoxy groups -OCH3 is 2. The highest BCUT2D eigenvalue weighted by Gasteiger charge is 2.35. The van der Waals surface area contributed by atoms with Crippen LogP contribution < -0.4 is 19.7 Å². The van der Waals surface area contributed by atoms with E-state index >= 15 is 0 Å². The third-order valence-electron chi connectivity index (χ3n) is 5.11. The van der Waals surface area contributed by atoms with Gasteiger partial charge in [-0.1, -0.05) is 18.2 Å². The number of hydrogen-bond donors (Lipinski definition) is 1. The van der Waals surface area contributed by atoms with E-state index in [1.807, 2.05) is 0 Å². The molecular weight excluding hydrogens is 491 g/mol. The summed E-state index contributed by atoms with van der Waals surface area (Å²) in [6.07, 6.45) is 1.34. The fourth-order valence-corrected chi connectivity index (χ4v) is 3.66. The van der Waals surface area contributed by atoms with E-state index in [4.69, 9.17) is 26.1 Å². The fourth-order valence-electron chi connectivity index (χ4n) is 3.38. The molecule has 1 aliphatic heterocycles.